The largest absolute Gasteiger partial charge is 0.368 e. The highest BCUT2D eigenvalue weighted by atomic mass is 28.3. The summed E-state index contributed by atoms with van der Waals surface area (Å²) in [5, 5.41) is 14.5. The third-order valence-corrected chi connectivity index (χ3v) is 8.05. The SMILES string of the molecule is COC(O)[C@H]1C[C@@H]1c1cnc(N[C@@H]2CCc3c([Si](C)(C)C)ccc(F)c32)cn1. The third kappa shape index (κ3) is 3.58. The average Bonchev–Trinajstić information content (AvgIpc) is 3.35. The molecule has 2 N–H and O–H groups in total. The zero-order valence-corrected chi connectivity index (χ0v) is 17.9. The Bertz CT molecular complexity index is 869. The first kappa shape index (κ1) is 19.5. The summed E-state index contributed by atoms with van der Waals surface area (Å²) in [5.41, 5.74) is 2.86. The first-order valence-corrected chi connectivity index (χ1v) is 13.4. The Morgan fingerprint density at radius 1 is 1.25 bits per heavy atom. The second-order valence-electron chi connectivity index (χ2n) is 8.93. The van der Waals surface area contributed by atoms with Gasteiger partial charge in [0, 0.05) is 24.5 Å². The van der Waals surface area contributed by atoms with Gasteiger partial charge in [0.05, 0.1) is 32.2 Å². The Balaban J connectivity index is 1.50. The lowest BCUT2D eigenvalue weighted by Gasteiger charge is -2.22. The van der Waals surface area contributed by atoms with E-state index in [0.29, 0.717) is 5.82 Å². The van der Waals surface area contributed by atoms with E-state index in [0.717, 1.165) is 30.5 Å². The molecule has 0 radical (unpaired) electrons. The van der Waals surface area contributed by atoms with E-state index < -0.39 is 14.4 Å². The normalized spacial score (nSPS) is 24.7. The molecule has 1 heterocycles. The summed E-state index contributed by atoms with van der Waals surface area (Å²) in [4.78, 5) is 8.99. The van der Waals surface area contributed by atoms with E-state index in [4.69, 9.17) is 4.74 Å². The van der Waals surface area contributed by atoms with Crippen LogP contribution in [0.25, 0.3) is 0 Å². The second kappa shape index (κ2) is 7.20. The fourth-order valence-corrected chi connectivity index (χ4v) is 6.14. The maximum Gasteiger partial charge on any atom is 0.157 e. The summed E-state index contributed by atoms with van der Waals surface area (Å²) < 4.78 is 19.6. The van der Waals surface area contributed by atoms with Gasteiger partial charge in [0.25, 0.3) is 0 Å². The quantitative estimate of drug-likeness (QED) is 0.574. The van der Waals surface area contributed by atoms with Crippen molar-refractivity contribution in [3.8, 4) is 0 Å². The van der Waals surface area contributed by atoms with Gasteiger partial charge in [0.2, 0.25) is 0 Å². The van der Waals surface area contributed by atoms with Crippen LogP contribution in [-0.2, 0) is 11.2 Å². The zero-order valence-electron chi connectivity index (χ0n) is 16.9. The van der Waals surface area contributed by atoms with Crippen molar-refractivity contribution >= 4 is 19.1 Å². The first-order chi connectivity index (χ1) is 13.3. The highest BCUT2D eigenvalue weighted by Gasteiger charge is 2.45. The maximum atomic E-state index is 14.6. The number of aliphatic hydroxyl groups is 1. The van der Waals surface area contributed by atoms with Crippen LogP contribution in [0.2, 0.25) is 19.6 Å². The summed E-state index contributed by atoms with van der Waals surface area (Å²) in [6, 6.07) is 3.53. The molecule has 0 amide bonds. The van der Waals surface area contributed by atoms with Crippen molar-refractivity contribution in [3.05, 3.63) is 47.2 Å². The fraction of sp³-hybridized carbons (Fsp3) is 0.524. The Hall–Kier alpha value is -1.83. The van der Waals surface area contributed by atoms with Crippen LogP contribution in [0.5, 0.6) is 0 Å². The van der Waals surface area contributed by atoms with Crippen LogP contribution < -0.4 is 10.5 Å². The number of nitrogens with zero attached hydrogens (tertiary/aromatic N) is 2. The van der Waals surface area contributed by atoms with Gasteiger partial charge in [-0.15, -0.1) is 0 Å². The number of halogens is 1. The molecular formula is C21H28FN3O2Si. The Kier molecular flexibility index (Phi) is 5.01. The third-order valence-electron chi connectivity index (χ3n) is 5.96. The summed E-state index contributed by atoms with van der Waals surface area (Å²) in [6.07, 6.45) is 5.33. The number of hydrogen-bond donors (Lipinski definition) is 2. The molecule has 150 valence electrons. The van der Waals surface area contributed by atoms with Gasteiger partial charge in [0.15, 0.2) is 6.29 Å². The molecule has 0 spiro atoms. The van der Waals surface area contributed by atoms with E-state index in [1.54, 1.807) is 18.5 Å². The van der Waals surface area contributed by atoms with Crippen molar-refractivity contribution in [2.45, 2.75) is 57.2 Å². The molecule has 2 aliphatic rings. The van der Waals surface area contributed by atoms with Gasteiger partial charge in [-0.1, -0.05) is 30.9 Å². The fourth-order valence-electron chi connectivity index (χ4n) is 4.39. The minimum atomic E-state index is -1.52. The average molecular weight is 402 g/mol. The number of aromatic nitrogens is 2. The van der Waals surface area contributed by atoms with Crippen LogP contribution in [0, 0.1) is 11.7 Å². The van der Waals surface area contributed by atoms with Crippen molar-refractivity contribution in [2.24, 2.45) is 5.92 Å². The van der Waals surface area contributed by atoms with Crippen LogP contribution in [0.1, 0.15) is 41.6 Å². The Labute approximate surface area is 166 Å². The topological polar surface area (TPSA) is 67.3 Å². The summed E-state index contributed by atoms with van der Waals surface area (Å²) in [6.45, 7) is 6.91. The van der Waals surface area contributed by atoms with Crippen molar-refractivity contribution in [1.29, 1.82) is 0 Å². The predicted octanol–water partition coefficient (Wildman–Crippen LogP) is 3.33. The van der Waals surface area contributed by atoms with Crippen LogP contribution in [-0.4, -0.2) is 36.5 Å². The highest BCUT2D eigenvalue weighted by Crippen LogP contribution is 2.48. The van der Waals surface area contributed by atoms with Crippen LogP contribution in [0.3, 0.4) is 0 Å². The summed E-state index contributed by atoms with van der Waals surface area (Å²) in [7, 11) is -0.0153. The van der Waals surface area contributed by atoms with Crippen LogP contribution in [0.4, 0.5) is 10.2 Å². The number of rotatable bonds is 6. The van der Waals surface area contributed by atoms with Gasteiger partial charge < -0.3 is 15.2 Å². The second-order valence-corrected chi connectivity index (χ2v) is 14.0. The van der Waals surface area contributed by atoms with Gasteiger partial charge in [0.1, 0.15) is 11.6 Å². The Morgan fingerprint density at radius 2 is 2.04 bits per heavy atom. The minimum absolute atomic E-state index is 0.0737. The molecule has 7 heteroatoms. The van der Waals surface area contributed by atoms with Gasteiger partial charge >= 0.3 is 0 Å². The van der Waals surface area contributed by atoms with E-state index >= 15 is 0 Å². The smallest absolute Gasteiger partial charge is 0.157 e. The van der Waals surface area contributed by atoms with Gasteiger partial charge in [-0.25, -0.2) is 9.37 Å². The summed E-state index contributed by atoms with van der Waals surface area (Å²) in [5.74, 6) is 0.809. The van der Waals surface area contributed by atoms with E-state index in [9.17, 15) is 9.50 Å². The number of methoxy groups -OCH3 is 1. The lowest BCUT2D eigenvalue weighted by Crippen LogP contribution is -2.40. The van der Waals surface area contributed by atoms with E-state index in [2.05, 4.69) is 34.9 Å². The van der Waals surface area contributed by atoms with E-state index in [1.807, 2.05) is 6.07 Å². The number of hydrogen-bond acceptors (Lipinski definition) is 5. The number of nitrogens with one attached hydrogen (secondary N) is 1. The molecule has 5 nitrogen and oxygen atoms in total. The van der Waals surface area contributed by atoms with Crippen molar-refractivity contribution in [1.82, 2.24) is 9.97 Å². The van der Waals surface area contributed by atoms with E-state index in [1.165, 1.54) is 17.9 Å². The molecule has 0 bridgehead atoms. The van der Waals surface area contributed by atoms with Crippen molar-refractivity contribution < 1.29 is 14.2 Å². The molecule has 0 saturated heterocycles. The number of anilines is 1. The van der Waals surface area contributed by atoms with Crippen molar-refractivity contribution in [2.75, 3.05) is 12.4 Å². The molecule has 1 aromatic carbocycles. The number of ether oxygens (including phenoxy) is 1. The van der Waals surface area contributed by atoms with E-state index in [-0.39, 0.29) is 23.7 Å². The summed E-state index contributed by atoms with van der Waals surface area (Å²) >= 11 is 0. The molecule has 1 aromatic heterocycles. The predicted molar refractivity (Wildman–Crippen MR) is 110 cm³/mol. The molecule has 1 unspecified atom stereocenters. The molecule has 4 rings (SSSR count). The number of benzene rings is 1. The molecule has 1 fully saturated rings. The van der Waals surface area contributed by atoms with Gasteiger partial charge in [-0.05, 0) is 30.9 Å². The van der Waals surface area contributed by atoms with Crippen LogP contribution in [0.15, 0.2) is 24.5 Å². The molecule has 1 saturated carbocycles. The minimum Gasteiger partial charge on any atom is -0.368 e. The molecule has 2 aromatic rings. The molecule has 0 aliphatic heterocycles. The lowest BCUT2D eigenvalue weighted by atomic mass is 10.1. The lowest BCUT2D eigenvalue weighted by molar-refractivity contribution is -0.0896. The highest BCUT2D eigenvalue weighted by molar-refractivity contribution is 6.89. The molecule has 2 aliphatic carbocycles. The van der Waals surface area contributed by atoms with Gasteiger partial charge in [-0.3, -0.25) is 4.98 Å². The monoisotopic (exact) mass is 401 g/mol. The molecule has 28 heavy (non-hydrogen) atoms. The Morgan fingerprint density at radius 3 is 2.68 bits per heavy atom. The first-order valence-electron chi connectivity index (χ1n) is 9.90. The number of aliphatic hydroxyl groups excluding tert-OH is 1. The molecular weight excluding hydrogens is 373 g/mol. The zero-order chi connectivity index (χ0) is 20.1. The maximum absolute atomic E-state index is 14.6. The van der Waals surface area contributed by atoms with Crippen LogP contribution >= 0.6 is 0 Å². The number of fused-ring (bicyclic) bond motifs is 1. The standard InChI is InChI=1S/C21H28FN3O2Si/c1-27-21(26)14-9-13(14)17-10-24-19(11-23-17)25-16-7-5-12-18(28(2,3)4)8-6-15(22)20(12)16/h6,8,10-11,13-14,16,21,26H,5,7,9H2,1-4H3,(H,24,25)/t13-,14-,16+,21?/m0/s1. The molecule has 4 atom stereocenters. The van der Waals surface area contributed by atoms with Gasteiger partial charge in [-0.2, -0.15) is 0 Å². The van der Waals surface area contributed by atoms with Crippen molar-refractivity contribution in [3.63, 3.8) is 0 Å².